The second-order valence-electron chi connectivity index (χ2n) is 7.22. The van der Waals surface area contributed by atoms with Crippen molar-refractivity contribution >= 4 is 5.91 Å². The number of rotatable bonds is 7. The minimum absolute atomic E-state index is 0.126. The van der Waals surface area contributed by atoms with Gasteiger partial charge in [-0.05, 0) is 25.0 Å². The highest BCUT2D eigenvalue weighted by atomic mass is 16.3. The van der Waals surface area contributed by atoms with Crippen molar-refractivity contribution in [2.24, 2.45) is 0 Å². The molecular formula is C19H31N3O3. The van der Waals surface area contributed by atoms with Gasteiger partial charge in [-0.15, -0.1) is 0 Å². The van der Waals surface area contributed by atoms with Crippen molar-refractivity contribution in [2.45, 2.75) is 44.7 Å². The number of amides is 1. The highest BCUT2D eigenvalue weighted by Crippen LogP contribution is 2.22. The summed E-state index contributed by atoms with van der Waals surface area (Å²) in [4.78, 5) is 19.2. The Labute approximate surface area is 150 Å². The maximum absolute atomic E-state index is 12.7. The van der Waals surface area contributed by atoms with E-state index in [1.807, 2.05) is 17.0 Å². The molecule has 1 aromatic heterocycles. The number of aliphatic hydroxyl groups is 1. The molecule has 6 nitrogen and oxygen atoms in total. The molecule has 1 amide bonds. The largest absolute Gasteiger partial charge is 0.468 e. The van der Waals surface area contributed by atoms with Gasteiger partial charge in [0.05, 0.1) is 26.0 Å². The molecule has 0 unspecified atom stereocenters. The highest BCUT2D eigenvalue weighted by Gasteiger charge is 2.26. The van der Waals surface area contributed by atoms with Gasteiger partial charge in [-0.25, -0.2) is 0 Å². The van der Waals surface area contributed by atoms with E-state index in [0.29, 0.717) is 19.1 Å². The summed E-state index contributed by atoms with van der Waals surface area (Å²) in [6.07, 6.45) is 7.80. The minimum Gasteiger partial charge on any atom is -0.468 e. The average Bonchev–Trinajstić information content (AvgIpc) is 3.15. The Morgan fingerprint density at radius 3 is 2.60 bits per heavy atom. The Kier molecular flexibility index (Phi) is 6.90. The molecule has 0 bridgehead atoms. The van der Waals surface area contributed by atoms with Gasteiger partial charge < -0.3 is 14.4 Å². The van der Waals surface area contributed by atoms with E-state index >= 15 is 0 Å². The lowest BCUT2D eigenvalue weighted by Crippen LogP contribution is -2.52. The Morgan fingerprint density at radius 1 is 1.20 bits per heavy atom. The molecule has 0 aromatic carbocycles. The summed E-state index contributed by atoms with van der Waals surface area (Å²) < 4.78 is 5.40. The molecule has 6 heteroatoms. The summed E-state index contributed by atoms with van der Waals surface area (Å²) >= 11 is 0. The van der Waals surface area contributed by atoms with E-state index in [1.165, 1.54) is 19.3 Å². The fourth-order valence-corrected chi connectivity index (χ4v) is 4.02. The molecule has 2 heterocycles. The molecule has 25 heavy (non-hydrogen) atoms. The van der Waals surface area contributed by atoms with Crippen LogP contribution in [0.15, 0.2) is 22.8 Å². The summed E-state index contributed by atoms with van der Waals surface area (Å²) in [6, 6.07) is 4.37. The molecule has 2 fully saturated rings. The lowest BCUT2D eigenvalue weighted by atomic mass is 9.94. The molecule has 2 aliphatic rings. The van der Waals surface area contributed by atoms with Gasteiger partial charge in [-0.1, -0.05) is 19.3 Å². The van der Waals surface area contributed by atoms with Crippen molar-refractivity contribution in [3.05, 3.63) is 24.2 Å². The van der Waals surface area contributed by atoms with Gasteiger partial charge in [0.2, 0.25) is 5.91 Å². The van der Waals surface area contributed by atoms with Gasteiger partial charge in [0, 0.05) is 38.8 Å². The number of hydrogen-bond acceptors (Lipinski definition) is 5. The third-order valence-electron chi connectivity index (χ3n) is 5.50. The van der Waals surface area contributed by atoms with E-state index in [9.17, 15) is 9.90 Å². The van der Waals surface area contributed by atoms with Crippen LogP contribution in [0.2, 0.25) is 0 Å². The molecule has 1 N–H and O–H groups in total. The molecule has 3 rings (SSSR count). The number of carbonyl (C=O) groups is 1. The zero-order valence-corrected chi connectivity index (χ0v) is 15.1. The van der Waals surface area contributed by atoms with Gasteiger partial charge >= 0.3 is 0 Å². The zero-order chi connectivity index (χ0) is 17.5. The van der Waals surface area contributed by atoms with Gasteiger partial charge in [0.1, 0.15) is 5.76 Å². The molecule has 1 aromatic rings. The quantitative estimate of drug-likeness (QED) is 0.809. The lowest BCUT2D eigenvalue weighted by Gasteiger charge is -2.38. The molecular weight excluding hydrogens is 318 g/mol. The van der Waals surface area contributed by atoms with Gasteiger partial charge in [-0.3, -0.25) is 14.6 Å². The van der Waals surface area contributed by atoms with E-state index in [1.54, 1.807) is 6.26 Å². The van der Waals surface area contributed by atoms with E-state index in [0.717, 1.165) is 51.3 Å². The van der Waals surface area contributed by atoms with Crippen LogP contribution < -0.4 is 0 Å². The van der Waals surface area contributed by atoms with Crippen LogP contribution in [0.3, 0.4) is 0 Å². The van der Waals surface area contributed by atoms with Crippen LogP contribution in [-0.2, 0) is 11.3 Å². The molecule has 1 saturated heterocycles. The number of piperazine rings is 1. The number of nitrogens with zero attached hydrogens (tertiary/aromatic N) is 3. The second-order valence-corrected chi connectivity index (χ2v) is 7.22. The fraction of sp³-hybridized carbons (Fsp3) is 0.737. The maximum atomic E-state index is 12.7. The summed E-state index contributed by atoms with van der Waals surface area (Å²) in [6.45, 7) is 5.31. The average molecular weight is 349 g/mol. The van der Waals surface area contributed by atoms with Crippen molar-refractivity contribution in [2.75, 3.05) is 45.9 Å². The first kappa shape index (κ1) is 18.4. The normalized spacial score (nSPS) is 20.3. The van der Waals surface area contributed by atoms with Crippen molar-refractivity contribution in [1.29, 1.82) is 0 Å². The molecule has 1 aliphatic heterocycles. The van der Waals surface area contributed by atoms with Gasteiger partial charge in [0.25, 0.3) is 0 Å². The van der Waals surface area contributed by atoms with Gasteiger partial charge in [0.15, 0.2) is 0 Å². The predicted octanol–water partition coefficient (Wildman–Crippen LogP) is 1.55. The third-order valence-corrected chi connectivity index (χ3v) is 5.50. The van der Waals surface area contributed by atoms with Crippen molar-refractivity contribution in [1.82, 2.24) is 14.7 Å². The van der Waals surface area contributed by atoms with Crippen LogP contribution in [0.4, 0.5) is 0 Å². The molecule has 1 aliphatic carbocycles. The third kappa shape index (κ3) is 5.30. The number of carbonyl (C=O) groups excluding carboxylic acids is 1. The fourth-order valence-electron chi connectivity index (χ4n) is 4.02. The Hall–Kier alpha value is -1.37. The summed E-state index contributed by atoms with van der Waals surface area (Å²) in [7, 11) is 0. The van der Waals surface area contributed by atoms with Crippen molar-refractivity contribution in [3.8, 4) is 0 Å². The lowest BCUT2D eigenvalue weighted by molar-refractivity contribution is -0.135. The maximum Gasteiger partial charge on any atom is 0.236 e. The predicted molar refractivity (Wildman–Crippen MR) is 96.1 cm³/mol. The first-order valence-corrected chi connectivity index (χ1v) is 9.63. The standard InChI is InChI=1S/C19H31N3O3/c23-13-12-22(17-5-2-1-3-6-17)16-19(24)21-10-8-20(9-11-21)15-18-7-4-14-25-18/h4,7,14,17,23H,1-3,5-6,8-13,15-16H2. The molecule has 140 valence electrons. The van der Waals surface area contributed by atoms with Crippen molar-refractivity contribution < 1.29 is 14.3 Å². The molecule has 0 atom stereocenters. The van der Waals surface area contributed by atoms with E-state index in [2.05, 4.69) is 9.80 Å². The van der Waals surface area contributed by atoms with E-state index < -0.39 is 0 Å². The molecule has 1 saturated carbocycles. The van der Waals surface area contributed by atoms with E-state index in [-0.39, 0.29) is 12.5 Å². The summed E-state index contributed by atoms with van der Waals surface area (Å²) in [5.41, 5.74) is 0. The highest BCUT2D eigenvalue weighted by molar-refractivity contribution is 5.78. The SMILES string of the molecule is O=C(CN(CCO)C1CCCCC1)N1CCN(Cc2ccco2)CC1. The molecule has 0 radical (unpaired) electrons. The second kappa shape index (κ2) is 9.36. The minimum atomic E-state index is 0.126. The first-order chi connectivity index (χ1) is 12.3. The Morgan fingerprint density at radius 2 is 1.96 bits per heavy atom. The van der Waals surface area contributed by atoms with Crippen LogP contribution in [0.1, 0.15) is 37.9 Å². The monoisotopic (exact) mass is 349 g/mol. The first-order valence-electron chi connectivity index (χ1n) is 9.63. The topological polar surface area (TPSA) is 60.2 Å². The van der Waals surface area contributed by atoms with Crippen LogP contribution in [0.25, 0.3) is 0 Å². The summed E-state index contributed by atoms with van der Waals surface area (Å²) in [5, 5.41) is 9.37. The Bertz CT molecular complexity index is 506. The van der Waals surface area contributed by atoms with E-state index in [4.69, 9.17) is 4.42 Å². The Balaban J connectivity index is 1.45. The van der Waals surface area contributed by atoms with Crippen LogP contribution in [0, 0.1) is 0 Å². The number of hydrogen-bond donors (Lipinski definition) is 1. The number of aliphatic hydroxyl groups excluding tert-OH is 1. The summed E-state index contributed by atoms with van der Waals surface area (Å²) in [5.74, 6) is 1.18. The van der Waals surface area contributed by atoms with Crippen molar-refractivity contribution in [3.63, 3.8) is 0 Å². The number of furan rings is 1. The smallest absolute Gasteiger partial charge is 0.236 e. The van der Waals surface area contributed by atoms with Crippen LogP contribution in [-0.4, -0.2) is 77.6 Å². The van der Waals surface area contributed by atoms with Crippen LogP contribution >= 0.6 is 0 Å². The zero-order valence-electron chi connectivity index (χ0n) is 15.1. The molecule has 0 spiro atoms. The van der Waals surface area contributed by atoms with Gasteiger partial charge in [-0.2, -0.15) is 0 Å². The van der Waals surface area contributed by atoms with Crippen LogP contribution in [0.5, 0.6) is 0 Å².